The van der Waals surface area contributed by atoms with Crippen molar-refractivity contribution in [2.45, 2.75) is 45.1 Å². The summed E-state index contributed by atoms with van der Waals surface area (Å²) in [7, 11) is 1.34. The average Bonchev–Trinajstić information content (AvgIpc) is 2.55. The van der Waals surface area contributed by atoms with Crippen LogP contribution in [0.2, 0.25) is 0 Å². The van der Waals surface area contributed by atoms with Gasteiger partial charge in [0.25, 0.3) is 0 Å². The van der Waals surface area contributed by atoms with E-state index in [1.807, 2.05) is 6.92 Å². The Morgan fingerprint density at radius 1 is 1.27 bits per heavy atom. The molecule has 1 rings (SSSR count). The summed E-state index contributed by atoms with van der Waals surface area (Å²) >= 11 is 0. The summed E-state index contributed by atoms with van der Waals surface area (Å²) in [6.07, 6.45) is 3.86. The molecule has 22 heavy (non-hydrogen) atoms. The highest BCUT2D eigenvalue weighted by atomic mass is 16.5. The van der Waals surface area contributed by atoms with Gasteiger partial charge in [0.1, 0.15) is 6.10 Å². The molecule has 0 aliphatic rings. The van der Waals surface area contributed by atoms with Crippen LogP contribution >= 0.6 is 0 Å². The second-order valence-electron chi connectivity index (χ2n) is 4.85. The van der Waals surface area contributed by atoms with Crippen molar-refractivity contribution in [1.29, 1.82) is 0 Å². The molecule has 3 heteroatoms. The molecular formula is C19H22O3. The van der Waals surface area contributed by atoms with Gasteiger partial charge in [0.2, 0.25) is 0 Å². The van der Waals surface area contributed by atoms with Crippen LogP contribution < -0.4 is 0 Å². The third kappa shape index (κ3) is 6.48. The van der Waals surface area contributed by atoms with Gasteiger partial charge in [-0.05, 0) is 38.3 Å². The molecule has 0 spiro atoms. The van der Waals surface area contributed by atoms with Gasteiger partial charge in [-0.15, -0.1) is 11.8 Å². The first-order chi connectivity index (χ1) is 10.7. The molecule has 0 fully saturated rings. The lowest BCUT2D eigenvalue weighted by molar-refractivity contribution is 0.0600. The molecule has 1 N–H and O–H groups in total. The second kappa shape index (κ2) is 10.5. The highest BCUT2D eigenvalue weighted by Gasteiger charge is 2.09. The number of hydrogen-bond acceptors (Lipinski definition) is 3. The Morgan fingerprint density at radius 2 is 2.05 bits per heavy atom. The first kappa shape index (κ1) is 17.8. The normalized spacial score (nSPS) is 10.7. The van der Waals surface area contributed by atoms with E-state index in [-0.39, 0.29) is 0 Å². The minimum absolute atomic E-state index is 0.419. The fraction of sp³-hybridized carbons (Fsp3) is 0.421. The first-order valence-electron chi connectivity index (χ1n) is 7.45. The molecule has 1 aromatic rings. The molecule has 1 atom stereocenters. The van der Waals surface area contributed by atoms with Crippen molar-refractivity contribution in [3.05, 3.63) is 35.4 Å². The van der Waals surface area contributed by atoms with Crippen LogP contribution in [-0.4, -0.2) is 24.3 Å². The van der Waals surface area contributed by atoms with Crippen LogP contribution in [0, 0.1) is 23.7 Å². The lowest BCUT2D eigenvalue weighted by Gasteiger charge is -2.03. The van der Waals surface area contributed by atoms with E-state index in [4.69, 9.17) is 4.74 Å². The Balaban J connectivity index is 2.51. The Labute approximate surface area is 132 Å². The highest BCUT2D eigenvalue weighted by Crippen LogP contribution is 2.09. The van der Waals surface area contributed by atoms with E-state index in [9.17, 15) is 9.90 Å². The quantitative estimate of drug-likeness (QED) is 0.498. The predicted octanol–water partition coefficient (Wildman–Crippen LogP) is 3.16. The van der Waals surface area contributed by atoms with Crippen LogP contribution in [0.1, 0.15) is 54.9 Å². The van der Waals surface area contributed by atoms with Crippen molar-refractivity contribution < 1.29 is 14.6 Å². The number of rotatable bonds is 6. The SMILES string of the molecule is CC#CCCCCCC(O)C#Cc1ccccc1C(=O)OC. The Kier molecular flexibility index (Phi) is 8.50. The summed E-state index contributed by atoms with van der Waals surface area (Å²) < 4.78 is 4.72. The first-order valence-corrected chi connectivity index (χ1v) is 7.45. The van der Waals surface area contributed by atoms with Gasteiger partial charge in [-0.25, -0.2) is 4.79 Å². The number of carbonyl (C=O) groups is 1. The van der Waals surface area contributed by atoms with E-state index < -0.39 is 12.1 Å². The van der Waals surface area contributed by atoms with E-state index in [0.717, 1.165) is 25.7 Å². The van der Waals surface area contributed by atoms with E-state index in [1.165, 1.54) is 7.11 Å². The Hall–Kier alpha value is -2.23. The van der Waals surface area contributed by atoms with Gasteiger partial charge in [0, 0.05) is 12.0 Å². The van der Waals surface area contributed by atoms with Crippen molar-refractivity contribution in [3.8, 4) is 23.7 Å². The molecule has 0 saturated carbocycles. The van der Waals surface area contributed by atoms with Gasteiger partial charge in [0.05, 0.1) is 12.7 Å². The van der Waals surface area contributed by atoms with Crippen LogP contribution in [-0.2, 0) is 4.74 Å². The number of benzene rings is 1. The number of unbranched alkanes of at least 4 members (excludes halogenated alkanes) is 3. The maximum Gasteiger partial charge on any atom is 0.339 e. The van der Waals surface area contributed by atoms with Gasteiger partial charge in [-0.2, -0.15) is 0 Å². The minimum atomic E-state index is -0.678. The predicted molar refractivity (Wildman–Crippen MR) is 87.2 cm³/mol. The smallest absolute Gasteiger partial charge is 0.339 e. The van der Waals surface area contributed by atoms with E-state index in [1.54, 1.807) is 24.3 Å². The molecule has 0 aromatic heterocycles. The van der Waals surface area contributed by atoms with Crippen LogP contribution in [0.4, 0.5) is 0 Å². The van der Waals surface area contributed by atoms with Crippen molar-refractivity contribution in [2.75, 3.05) is 7.11 Å². The van der Waals surface area contributed by atoms with Gasteiger partial charge in [-0.3, -0.25) is 0 Å². The van der Waals surface area contributed by atoms with E-state index >= 15 is 0 Å². The number of carbonyl (C=O) groups excluding carboxylic acids is 1. The van der Waals surface area contributed by atoms with Crippen LogP contribution in [0.3, 0.4) is 0 Å². The maximum atomic E-state index is 11.6. The standard InChI is InChI=1S/C19H22O3/c1-3-4-5-6-7-8-12-17(20)15-14-16-11-9-10-13-18(16)19(21)22-2/h9-11,13,17,20H,5-8,12H2,1-2H3. The number of aliphatic hydroxyl groups is 1. The molecule has 0 heterocycles. The molecule has 0 amide bonds. The minimum Gasteiger partial charge on any atom is -0.465 e. The summed E-state index contributed by atoms with van der Waals surface area (Å²) in [6, 6.07) is 6.97. The topological polar surface area (TPSA) is 46.5 Å². The lowest BCUT2D eigenvalue weighted by atomic mass is 10.1. The van der Waals surface area contributed by atoms with Crippen molar-refractivity contribution in [2.24, 2.45) is 0 Å². The molecule has 0 bridgehead atoms. The summed E-state index contributed by atoms with van der Waals surface area (Å²) in [6.45, 7) is 1.84. The van der Waals surface area contributed by atoms with Gasteiger partial charge in [-0.1, -0.05) is 30.4 Å². The maximum absolute atomic E-state index is 11.6. The highest BCUT2D eigenvalue weighted by molar-refractivity contribution is 5.92. The second-order valence-corrected chi connectivity index (χ2v) is 4.85. The molecule has 0 saturated heterocycles. The number of hydrogen-bond donors (Lipinski definition) is 1. The molecule has 0 radical (unpaired) electrons. The van der Waals surface area contributed by atoms with Crippen LogP contribution in [0.15, 0.2) is 24.3 Å². The largest absolute Gasteiger partial charge is 0.465 e. The number of esters is 1. The van der Waals surface area contributed by atoms with Gasteiger partial charge >= 0.3 is 5.97 Å². The lowest BCUT2D eigenvalue weighted by Crippen LogP contribution is -2.05. The number of methoxy groups -OCH3 is 1. The Morgan fingerprint density at radius 3 is 2.77 bits per heavy atom. The van der Waals surface area contributed by atoms with E-state index in [2.05, 4.69) is 23.7 Å². The third-order valence-corrected chi connectivity index (χ3v) is 3.16. The summed E-state index contributed by atoms with van der Waals surface area (Å²) in [5.41, 5.74) is 0.995. The Bertz CT molecular complexity index is 596. The van der Waals surface area contributed by atoms with Crippen molar-refractivity contribution in [1.82, 2.24) is 0 Å². The van der Waals surface area contributed by atoms with Crippen molar-refractivity contribution >= 4 is 5.97 Å². The van der Waals surface area contributed by atoms with Gasteiger partial charge < -0.3 is 9.84 Å². The number of ether oxygens (including phenoxy) is 1. The third-order valence-electron chi connectivity index (χ3n) is 3.16. The molecule has 116 valence electrons. The molecule has 0 aliphatic carbocycles. The summed E-state index contributed by atoms with van der Waals surface area (Å²) in [5.74, 6) is 11.1. The number of aliphatic hydroxyl groups excluding tert-OH is 1. The zero-order valence-corrected chi connectivity index (χ0v) is 13.2. The molecular weight excluding hydrogens is 276 g/mol. The zero-order chi connectivity index (χ0) is 16.2. The van der Waals surface area contributed by atoms with Crippen LogP contribution in [0.25, 0.3) is 0 Å². The summed E-state index contributed by atoms with van der Waals surface area (Å²) in [5, 5.41) is 9.88. The average molecular weight is 298 g/mol. The monoisotopic (exact) mass is 298 g/mol. The molecule has 3 nitrogen and oxygen atoms in total. The van der Waals surface area contributed by atoms with Crippen molar-refractivity contribution in [3.63, 3.8) is 0 Å². The van der Waals surface area contributed by atoms with E-state index in [0.29, 0.717) is 17.5 Å². The van der Waals surface area contributed by atoms with Crippen LogP contribution in [0.5, 0.6) is 0 Å². The molecule has 0 aliphatic heterocycles. The fourth-order valence-electron chi connectivity index (χ4n) is 1.97. The fourth-order valence-corrected chi connectivity index (χ4v) is 1.97. The van der Waals surface area contributed by atoms with Gasteiger partial charge in [0.15, 0.2) is 0 Å². The zero-order valence-electron chi connectivity index (χ0n) is 13.2. The molecule has 1 aromatic carbocycles. The molecule has 1 unspecified atom stereocenters. The summed E-state index contributed by atoms with van der Waals surface area (Å²) in [4.78, 5) is 11.6.